The summed E-state index contributed by atoms with van der Waals surface area (Å²) in [6.07, 6.45) is 0. The van der Waals surface area contributed by atoms with Gasteiger partial charge in [-0.1, -0.05) is 23.4 Å². The molecule has 2 heterocycles. The Morgan fingerprint density at radius 1 is 1.58 bits per heavy atom. The monoisotopic (exact) mass is 306 g/mol. The maximum Gasteiger partial charge on any atom is 0.275 e. The van der Waals surface area contributed by atoms with E-state index < -0.39 is 5.03 Å². The number of rotatable bonds is 3. The van der Waals surface area contributed by atoms with Crippen LogP contribution in [0, 0.1) is 10.1 Å². The van der Waals surface area contributed by atoms with Crippen molar-refractivity contribution < 1.29 is 5.03 Å². The van der Waals surface area contributed by atoms with Gasteiger partial charge < -0.3 is 9.80 Å². The first kappa shape index (κ1) is 14.4. The standard InChI is InChI=1S/C9H15ClN6O2S/c1-13-5-14(2)9(12-16(17)18)15(6-13)4-7-3-11-8(10)19-7/h7H,3-6H2,1-2H3/b12-9+. The van der Waals surface area contributed by atoms with Gasteiger partial charge in [0.25, 0.3) is 5.96 Å². The van der Waals surface area contributed by atoms with Crippen LogP contribution in [-0.4, -0.2) is 76.0 Å². The summed E-state index contributed by atoms with van der Waals surface area (Å²) in [5.41, 5.74) is 0. The van der Waals surface area contributed by atoms with E-state index in [0.717, 1.165) is 0 Å². The minimum atomic E-state index is -0.657. The molecule has 2 aliphatic heterocycles. The van der Waals surface area contributed by atoms with Gasteiger partial charge in [0.2, 0.25) is 0 Å². The second-order valence-electron chi connectivity index (χ2n) is 4.53. The molecule has 0 aromatic rings. The molecule has 0 aromatic carbocycles. The van der Waals surface area contributed by atoms with E-state index in [1.807, 2.05) is 11.9 Å². The lowest BCUT2D eigenvalue weighted by Gasteiger charge is -2.40. The second-order valence-corrected chi connectivity index (χ2v) is 6.40. The smallest absolute Gasteiger partial charge is 0.275 e. The molecule has 0 N–H and O–H groups in total. The summed E-state index contributed by atoms with van der Waals surface area (Å²) < 4.78 is 0.552. The number of nitrogens with zero attached hydrogens (tertiary/aromatic N) is 6. The third-order valence-corrected chi connectivity index (χ3v) is 4.11. The SMILES string of the molecule is CN1CN(C)/C(=N\[N+](=O)[O-])N(CC2CN=C(Cl)S2)C1. The van der Waals surface area contributed by atoms with E-state index in [1.54, 1.807) is 11.9 Å². The molecule has 0 aromatic heterocycles. The van der Waals surface area contributed by atoms with Gasteiger partial charge in [-0.05, 0) is 7.05 Å². The van der Waals surface area contributed by atoms with Crippen molar-refractivity contribution in [1.29, 1.82) is 0 Å². The number of hydrazone groups is 1. The molecule has 0 radical (unpaired) electrons. The van der Waals surface area contributed by atoms with Gasteiger partial charge in [0.15, 0.2) is 9.54 Å². The maximum atomic E-state index is 10.6. The third-order valence-electron chi connectivity index (χ3n) is 2.77. The van der Waals surface area contributed by atoms with Crippen LogP contribution in [0.15, 0.2) is 10.1 Å². The highest BCUT2D eigenvalue weighted by molar-refractivity contribution is 8.17. The van der Waals surface area contributed by atoms with Crippen molar-refractivity contribution in [1.82, 2.24) is 14.7 Å². The van der Waals surface area contributed by atoms with Crippen molar-refractivity contribution in [2.75, 3.05) is 40.5 Å². The third kappa shape index (κ3) is 3.71. The number of hydrogen-bond acceptors (Lipinski definition) is 5. The predicted molar refractivity (Wildman–Crippen MR) is 75.9 cm³/mol. The van der Waals surface area contributed by atoms with E-state index in [9.17, 15) is 10.1 Å². The van der Waals surface area contributed by atoms with Crippen LogP contribution in [0.3, 0.4) is 0 Å². The van der Waals surface area contributed by atoms with E-state index in [-0.39, 0.29) is 5.25 Å². The average Bonchev–Trinajstić information content (AvgIpc) is 2.69. The zero-order chi connectivity index (χ0) is 14.0. The average molecular weight is 307 g/mol. The van der Waals surface area contributed by atoms with Gasteiger partial charge in [-0.15, -0.1) is 0 Å². The molecule has 8 nitrogen and oxygen atoms in total. The molecule has 10 heteroatoms. The van der Waals surface area contributed by atoms with Crippen LogP contribution in [0.25, 0.3) is 0 Å². The molecule has 0 spiro atoms. The van der Waals surface area contributed by atoms with Crippen LogP contribution < -0.4 is 0 Å². The summed E-state index contributed by atoms with van der Waals surface area (Å²) in [6, 6.07) is 0. The van der Waals surface area contributed by atoms with E-state index in [4.69, 9.17) is 11.6 Å². The van der Waals surface area contributed by atoms with Crippen molar-refractivity contribution in [2.24, 2.45) is 10.1 Å². The summed E-state index contributed by atoms with van der Waals surface area (Å²) in [7, 11) is 3.74. The number of halogens is 1. The minimum absolute atomic E-state index is 0.212. The maximum absolute atomic E-state index is 10.6. The van der Waals surface area contributed by atoms with Crippen LogP contribution >= 0.6 is 23.4 Å². The van der Waals surface area contributed by atoms with E-state index in [1.165, 1.54) is 11.8 Å². The fourth-order valence-electron chi connectivity index (χ4n) is 2.14. The van der Waals surface area contributed by atoms with Crippen LogP contribution in [0.4, 0.5) is 0 Å². The lowest BCUT2D eigenvalue weighted by Crippen LogP contribution is -2.57. The molecule has 0 saturated carbocycles. The van der Waals surface area contributed by atoms with Crippen molar-refractivity contribution in [3.8, 4) is 0 Å². The minimum Gasteiger partial charge on any atom is -0.328 e. The first-order valence-electron chi connectivity index (χ1n) is 5.70. The van der Waals surface area contributed by atoms with Crippen LogP contribution in [0.1, 0.15) is 0 Å². The lowest BCUT2D eigenvalue weighted by atomic mass is 10.3. The van der Waals surface area contributed by atoms with Gasteiger partial charge in [-0.25, -0.2) is 10.1 Å². The summed E-state index contributed by atoms with van der Waals surface area (Å²) in [5, 5.41) is 13.7. The molecule has 106 valence electrons. The highest BCUT2D eigenvalue weighted by atomic mass is 35.5. The van der Waals surface area contributed by atoms with Gasteiger partial charge in [-0.2, -0.15) is 0 Å². The number of thioether (sulfide) groups is 1. The van der Waals surface area contributed by atoms with E-state index >= 15 is 0 Å². The fourth-order valence-corrected chi connectivity index (χ4v) is 3.42. The van der Waals surface area contributed by atoms with Crippen LogP contribution in [0.5, 0.6) is 0 Å². The fraction of sp³-hybridized carbons (Fsp3) is 0.778. The zero-order valence-corrected chi connectivity index (χ0v) is 12.3. The van der Waals surface area contributed by atoms with Crippen molar-refractivity contribution in [2.45, 2.75) is 5.25 Å². The molecule has 1 fully saturated rings. The Bertz CT molecular complexity index is 431. The van der Waals surface area contributed by atoms with Gasteiger partial charge in [0.1, 0.15) is 5.10 Å². The summed E-state index contributed by atoms with van der Waals surface area (Å²) >= 11 is 7.33. The zero-order valence-electron chi connectivity index (χ0n) is 10.7. The Hall–Kier alpha value is -1.06. The highest BCUT2D eigenvalue weighted by Gasteiger charge is 2.30. The summed E-state index contributed by atoms with van der Waals surface area (Å²) in [6.45, 7) is 2.48. The molecular formula is C9H15ClN6O2S. The highest BCUT2D eigenvalue weighted by Crippen LogP contribution is 2.25. The van der Waals surface area contributed by atoms with Crippen LogP contribution in [-0.2, 0) is 0 Å². The molecule has 2 aliphatic rings. The Kier molecular flexibility index (Phi) is 4.48. The number of hydrogen-bond donors (Lipinski definition) is 0. The van der Waals surface area contributed by atoms with E-state index in [2.05, 4.69) is 15.0 Å². The largest absolute Gasteiger partial charge is 0.328 e. The second kappa shape index (κ2) is 5.93. The molecule has 0 amide bonds. The molecule has 0 bridgehead atoms. The van der Waals surface area contributed by atoms with Crippen molar-refractivity contribution in [3.05, 3.63) is 10.1 Å². The van der Waals surface area contributed by atoms with Crippen molar-refractivity contribution >= 4 is 33.8 Å². The van der Waals surface area contributed by atoms with Gasteiger partial charge in [-0.3, -0.25) is 9.89 Å². The molecule has 1 atom stereocenters. The molecule has 19 heavy (non-hydrogen) atoms. The number of nitro groups is 1. The van der Waals surface area contributed by atoms with Crippen molar-refractivity contribution in [3.63, 3.8) is 0 Å². The Morgan fingerprint density at radius 3 is 2.89 bits per heavy atom. The number of guanidine groups is 1. The normalized spacial score (nSPS) is 27.0. The van der Waals surface area contributed by atoms with E-state index in [0.29, 0.717) is 36.9 Å². The quantitative estimate of drug-likeness (QED) is 0.553. The van der Waals surface area contributed by atoms with Gasteiger partial charge >= 0.3 is 0 Å². The Balaban J connectivity index is 2.07. The van der Waals surface area contributed by atoms with Gasteiger partial charge in [0.05, 0.1) is 19.9 Å². The van der Waals surface area contributed by atoms with Gasteiger partial charge in [0, 0.05) is 18.8 Å². The first-order chi connectivity index (χ1) is 8.95. The molecular weight excluding hydrogens is 292 g/mol. The lowest BCUT2D eigenvalue weighted by molar-refractivity contribution is -0.486. The first-order valence-corrected chi connectivity index (χ1v) is 6.95. The Labute approximate surface area is 120 Å². The summed E-state index contributed by atoms with van der Waals surface area (Å²) in [5.74, 6) is 0.381. The summed E-state index contributed by atoms with van der Waals surface area (Å²) in [4.78, 5) is 20.5. The molecule has 1 unspecified atom stereocenters. The predicted octanol–water partition coefficient (Wildman–Crippen LogP) is 0.339. The topological polar surface area (TPSA) is 77.6 Å². The Morgan fingerprint density at radius 2 is 2.32 bits per heavy atom. The molecule has 0 aliphatic carbocycles. The number of aliphatic imine (C=N–C) groups is 1. The molecule has 2 rings (SSSR count). The van der Waals surface area contributed by atoms with Crippen LogP contribution in [0.2, 0.25) is 0 Å². The molecule has 1 saturated heterocycles.